The van der Waals surface area contributed by atoms with Gasteiger partial charge in [-0.2, -0.15) is 0 Å². The van der Waals surface area contributed by atoms with Gasteiger partial charge in [-0.1, -0.05) is 11.8 Å². The molecule has 0 spiro atoms. The van der Waals surface area contributed by atoms with E-state index in [-0.39, 0.29) is 17.1 Å². The van der Waals surface area contributed by atoms with Crippen LogP contribution in [-0.2, 0) is 0 Å². The number of carbonyl (C=O) groups is 1. The number of aromatic nitrogens is 2. The largest absolute Gasteiger partial charge is 0.480 e. The molecule has 2 heterocycles. The van der Waals surface area contributed by atoms with Gasteiger partial charge in [0.05, 0.1) is 16.9 Å². The second kappa shape index (κ2) is 8.14. The predicted molar refractivity (Wildman–Crippen MR) is 103 cm³/mol. The summed E-state index contributed by atoms with van der Waals surface area (Å²) in [6.07, 6.45) is 1.53. The van der Waals surface area contributed by atoms with Gasteiger partial charge < -0.3 is 10.1 Å². The molecule has 1 N–H and O–H groups in total. The molecule has 3 rings (SSSR count). The van der Waals surface area contributed by atoms with Crippen molar-refractivity contribution in [2.24, 2.45) is 0 Å². The fourth-order valence-corrected chi connectivity index (χ4v) is 4.08. The van der Waals surface area contributed by atoms with Crippen LogP contribution in [0.3, 0.4) is 0 Å². The zero-order valence-electron chi connectivity index (χ0n) is 14.3. The molecular weight excluding hydrogens is 388 g/mol. The predicted octanol–water partition coefficient (Wildman–Crippen LogP) is 4.17. The first-order valence-electron chi connectivity index (χ1n) is 7.66. The molecule has 1 amide bonds. The minimum atomic E-state index is -0.510. The van der Waals surface area contributed by atoms with Gasteiger partial charge in [-0.25, -0.2) is 9.97 Å². The first-order valence-corrected chi connectivity index (χ1v) is 9.36. The lowest BCUT2D eigenvalue weighted by Crippen LogP contribution is -2.13. The number of aryl methyl sites for hydroxylation is 1. The van der Waals surface area contributed by atoms with Crippen LogP contribution in [0.2, 0.25) is 0 Å². The number of hydrogen-bond donors (Lipinski definition) is 1. The molecule has 0 saturated heterocycles. The van der Waals surface area contributed by atoms with Crippen LogP contribution in [0, 0.1) is 17.0 Å². The molecule has 1 aromatic carbocycles. The number of pyridine rings is 1. The number of ether oxygens (including phenoxy) is 1. The summed E-state index contributed by atoms with van der Waals surface area (Å²) in [5.41, 5.74) is 1.24. The van der Waals surface area contributed by atoms with E-state index in [1.807, 2.05) is 12.3 Å². The van der Waals surface area contributed by atoms with Crippen LogP contribution in [0.5, 0.6) is 5.88 Å². The number of hydrogen-bond acceptors (Lipinski definition) is 8. The smallest absolute Gasteiger partial charge is 0.284 e. The minimum absolute atomic E-state index is 0.154. The van der Waals surface area contributed by atoms with Gasteiger partial charge in [0.1, 0.15) is 5.69 Å². The quantitative estimate of drug-likeness (QED) is 0.487. The Labute approximate surface area is 162 Å². The maximum Gasteiger partial charge on any atom is 0.284 e. The second-order valence-electron chi connectivity index (χ2n) is 5.31. The lowest BCUT2D eigenvalue weighted by atomic mass is 10.2. The van der Waals surface area contributed by atoms with Crippen molar-refractivity contribution in [3.05, 3.63) is 63.3 Å². The Bertz CT molecular complexity index is 1010. The molecule has 0 saturated carbocycles. The third-order valence-electron chi connectivity index (χ3n) is 3.43. The number of benzene rings is 1. The molecule has 0 fully saturated rings. The van der Waals surface area contributed by atoms with Gasteiger partial charge >= 0.3 is 0 Å². The standard InChI is InChI=1S/C17H14N4O4S2/c1-10-9-26-17(19-10)27-14-6-5-11(8-13(14)21(23)24)15(22)20-12-4-3-7-18-16(12)25-2/h3-9H,1-2H3,(H,20,22). The molecule has 0 aliphatic heterocycles. The van der Waals surface area contributed by atoms with E-state index in [9.17, 15) is 14.9 Å². The highest BCUT2D eigenvalue weighted by Crippen LogP contribution is 2.37. The number of thiazole rings is 1. The van der Waals surface area contributed by atoms with Gasteiger partial charge in [-0.05, 0) is 31.2 Å². The summed E-state index contributed by atoms with van der Waals surface area (Å²) in [4.78, 5) is 32.2. The SMILES string of the molecule is COc1ncccc1NC(=O)c1ccc(Sc2nc(C)cs2)c([N+](=O)[O-])c1. The van der Waals surface area contributed by atoms with E-state index in [1.165, 1.54) is 48.5 Å². The van der Waals surface area contributed by atoms with Crippen LogP contribution >= 0.6 is 23.1 Å². The third-order valence-corrected chi connectivity index (χ3v) is 5.55. The summed E-state index contributed by atoms with van der Waals surface area (Å²) in [6, 6.07) is 7.62. The zero-order chi connectivity index (χ0) is 19.4. The van der Waals surface area contributed by atoms with Crippen molar-refractivity contribution >= 4 is 40.4 Å². The Hall–Kier alpha value is -2.98. The Kier molecular flexibility index (Phi) is 5.67. The fourth-order valence-electron chi connectivity index (χ4n) is 2.20. The summed E-state index contributed by atoms with van der Waals surface area (Å²) in [7, 11) is 1.44. The normalized spacial score (nSPS) is 10.4. The van der Waals surface area contributed by atoms with Gasteiger partial charge in [0.2, 0.25) is 5.88 Å². The van der Waals surface area contributed by atoms with Gasteiger partial charge in [0.25, 0.3) is 11.6 Å². The Morgan fingerprint density at radius 3 is 2.85 bits per heavy atom. The molecule has 0 atom stereocenters. The van der Waals surface area contributed by atoms with Crippen LogP contribution in [0.4, 0.5) is 11.4 Å². The van der Waals surface area contributed by atoms with Crippen molar-refractivity contribution in [3.63, 3.8) is 0 Å². The lowest BCUT2D eigenvalue weighted by Gasteiger charge is -2.09. The Balaban J connectivity index is 1.86. The Morgan fingerprint density at radius 1 is 1.37 bits per heavy atom. The lowest BCUT2D eigenvalue weighted by molar-refractivity contribution is -0.387. The molecule has 0 unspecified atom stereocenters. The van der Waals surface area contributed by atoms with Crippen LogP contribution in [0.15, 0.2) is 51.1 Å². The van der Waals surface area contributed by atoms with Crippen LogP contribution in [0.1, 0.15) is 16.1 Å². The molecule has 0 aliphatic rings. The fraction of sp³-hybridized carbons (Fsp3) is 0.118. The molecule has 27 heavy (non-hydrogen) atoms. The molecule has 138 valence electrons. The van der Waals surface area contributed by atoms with Gasteiger partial charge in [-0.15, -0.1) is 11.3 Å². The van der Waals surface area contributed by atoms with Gasteiger partial charge in [-0.3, -0.25) is 14.9 Å². The van der Waals surface area contributed by atoms with E-state index < -0.39 is 10.8 Å². The number of methoxy groups -OCH3 is 1. The number of rotatable bonds is 6. The molecule has 0 radical (unpaired) electrons. The zero-order valence-corrected chi connectivity index (χ0v) is 16.0. The molecule has 2 aromatic heterocycles. The van der Waals surface area contributed by atoms with E-state index in [0.29, 0.717) is 14.9 Å². The average Bonchev–Trinajstić information content (AvgIpc) is 3.07. The summed E-state index contributed by atoms with van der Waals surface area (Å²) in [5, 5.41) is 16.0. The molecule has 8 nitrogen and oxygen atoms in total. The number of amides is 1. The van der Waals surface area contributed by atoms with Crippen LogP contribution < -0.4 is 10.1 Å². The first kappa shape index (κ1) is 18.8. The van der Waals surface area contributed by atoms with E-state index in [4.69, 9.17) is 4.74 Å². The highest BCUT2D eigenvalue weighted by atomic mass is 32.2. The summed E-state index contributed by atoms with van der Waals surface area (Å²) in [5.74, 6) is -0.238. The van der Waals surface area contributed by atoms with Crippen molar-refractivity contribution in [3.8, 4) is 5.88 Å². The van der Waals surface area contributed by atoms with E-state index in [2.05, 4.69) is 15.3 Å². The van der Waals surface area contributed by atoms with Crippen molar-refractivity contribution in [1.82, 2.24) is 9.97 Å². The molecule has 3 aromatic rings. The summed E-state index contributed by atoms with van der Waals surface area (Å²) in [6.45, 7) is 1.86. The van der Waals surface area contributed by atoms with E-state index >= 15 is 0 Å². The van der Waals surface area contributed by atoms with Gasteiger partial charge in [0.15, 0.2) is 4.34 Å². The van der Waals surface area contributed by atoms with Crippen molar-refractivity contribution in [2.75, 3.05) is 12.4 Å². The maximum absolute atomic E-state index is 12.5. The average molecular weight is 402 g/mol. The van der Waals surface area contributed by atoms with Crippen molar-refractivity contribution in [1.29, 1.82) is 0 Å². The topological polar surface area (TPSA) is 107 Å². The van der Waals surface area contributed by atoms with Crippen molar-refractivity contribution in [2.45, 2.75) is 16.2 Å². The molecule has 0 bridgehead atoms. The van der Waals surface area contributed by atoms with Gasteiger partial charge in [0, 0.05) is 28.9 Å². The molecule has 0 aliphatic carbocycles. The monoisotopic (exact) mass is 402 g/mol. The van der Waals surface area contributed by atoms with E-state index in [1.54, 1.807) is 18.2 Å². The maximum atomic E-state index is 12.5. The second-order valence-corrected chi connectivity index (χ2v) is 7.46. The Morgan fingerprint density at radius 2 is 2.19 bits per heavy atom. The summed E-state index contributed by atoms with van der Waals surface area (Å²) < 4.78 is 5.79. The third kappa shape index (κ3) is 4.41. The number of nitro benzene ring substituents is 1. The van der Waals surface area contributed by atoms with Crippen LogP contribution in [-0.4, -0.2) is 27.9 Å². The number of carbonyl (C=O) groups excluding carboxylic acids is 1. The number of anilines is 1. The minimum Gasteiger partial charge on any atom is -0.480 e. The number of nitro groups is 1. The number of nitrogens with zero attached hydrogens (tertiary/aromatic N) is 3. The molecule has 10 heteroatoms. The highest BCUT2D eigenvalue weighted by Gasteiger charge is 2.20. The number of nitrogens with one attached hydrogen (secondary N) is 1. The van der Waals surface area contributed by atoms with Crippen LogP contribution in [0.25, 0.3) is 0 Å². The van der Waals surface area contributed by atoms with E-state index in [0.717, 1.165) is 5.69 Å². The highest BCUT2D eigenvalue weighted by molar-refractivity contribution is 8.01. The molecular formula is C17H14N4O4S2. The summed E-state index contributed by atoms with van der Waals surface area (Å²) >= 11 is 2.61. The van der Waals surface area contributed by atoms with Crippen molar-refractivity contribution < 1.29 is 14.5 Å². The first-order chi connectivity index (χ1) is 13.0.